The summed E-state index contributed by atoms with van der Waals surface area (Å²) < 4.78 is 5.31. The number of nitrogens with zero attached hydrogens (tertiary/aromatic N) is 3. The van der Waals surface area contributed by atoms with E-state index in [-0.39, 0.29) is 40.9 Å². The van der Waals surface area contributed by atoms with Crippen LogP contribution < -0.4 is 5.32 Å². The molecule has 2 saturated heterocycles. The zero-order valence-electron chi connectivity index (χ0n) is 17.2. The predicted octanol–water partition coefficient (Wildman–Crippen LogP) is 2.88. The monoisotopic (exact) mass is 454 g/mol. The highest BCUT2D eigenvalue weighted by molar-refractivity contribution is 8.00. The zero-order valence-corrected chi connectivity index (χ0v) is 18.8. The molecule has 2 aliphatic rings. The van der Waals surface area contributed by atoms with E-state index >= 15 is 0 Å². The molecule has 0 atom stereocenters. The fraction of sp³-hybridized carbons (Fsp3) is 0.600. The van der Waals surface area contributed by atoms with E-state index in [1.165, 1.54) is 18.0 Å². The van der Waals surface area contributed by atoms with Gasteiger partial charge in [0.15, 0.2) is 0 Å². The Bertz CT molecular complexity index is 782. The van der Waals surface area contributed by atoms with Crippen molar-refractivity contribution in [3.63, 3.8) is 0 Å². The Morgan fingerprint density at radius 3 is 2.70 bits per heavy atom. The quantitative estimate of drug-likeness (QED) is 0.710. The second kappa shape index (κ2) is 9.87. The summed E-state index contributed by atoms with van der Waals surface area (Å²) in [5.74, 6) is 0.634. The van der Waals surface area contributed by atoms with Gasteiger partial charge in [-0.05, 0) is 25.0 Å². The Labute approximate surface area is 185 Å². The van der Waals surface area contributed by atoms with E-state index in [9.17, 15) is 14.4 Å². The molecule has 0 aliphatic carbocycles. The van der Waals surface area contributed by atoms with E-state index in [1.54, 1.807) is 12.1 Å². The molecule has 2 fully saturated rings. The molecule has 30 heavy (non-hydrogen) atoms. The first-order valence-electron chi connectivity index (χ1n) is 9.94. The first kappa shape index (κ1) is 22.7. The number of rotatable bonds is 6. The number of likely N-dealkylation sites (tertiary alicyclic amines) is 1. The largest absolute Gasteiger partial charge is 0.449 e. The standard InChI is InChI=1S/C20H27ClN4O4S/c1-20(2)12-25(19(28)29-13-20)15-5-7-24(8-6-15)18(27)11-30-10-17(26)23-16-4-3-14(21)9-22-16/h3-4,9,15H,5-8,10-13H2,1-2H3,(H,22,23,26). The van der Waals surface area contributed by atoms with Crippen LogP contribution in [0.4, 0.5) is 10.6 Å². The third-order valence-corrected chi connectivity index (χ3v) is 6.27. The van der Waals surface area contributed by atoms with Crippen molar-refractivity contribution in [2.45, 2.75) is 32.7 Å². The average molecular weight is 455 g/mol. The van der Waals surface area contributed by atoms with Crippen molar-refractivity contribution in [1.82, 2.24) is 14.8 Å². The lowest BCUT2D eigenvalue weighted by Gasteiger charge is -2.44. The molecular formula is C20H27ClN4O4S. The molecule has 3 rings (SSSR count). The van der Waals surface area contributed by atoms with E-state index < -0.39 is 0 Å². The van der Waals surface area contributed by atoms with Crippen LogP contribution in [0.2, 0.25) is 5.02 Å². The van der Waals surface area contributed by atoms with Gasteiger partial charge in [0.1, 0.15) is 5.82 Å². The Kier molecular flexibility index (Phi) is 7.46. The number of amides is 3. The molecule has 164 valence electrons. The molecule has 2 aliphatic heterocycles. The van der Waals surface area contributed by atoms with Gasteiger partial charge in [0.2, 0.25) is 11.8 Å². The highest BCUT2D eigenvalue weighted by atomic mass is 35.5. The summed E-state index contributed by atoms with van der Waals surface area (Å²) in [4.78, 5) is 44.2. The maximum atomic E-state index is 12.5. The molecule has 0 spiro atoms. The molecule has 10 heteroatoms. The predicted molar refractivity (Wildman–Crippen MR) is 117 cm³/mol. The minimum absolute atomic E-state index is 0.0115. The fourth-order valence-electron chi connectivity index (χ4n) is 3.57. The summed E-state index contributed by atoms with van der Waals surface area (Å²) in [5, 5.41) is 3.17. The van der Waals surface area contributed by atoms with Crippen LogP contribution in [0.5, 0.6) is 0 Å². The lowest BCUT2D eigenvalue weighted by molar-refractivity contribution is -0.130. The van der Waals surface area contributed by atoms with Gasteiger partial charge in [0, 0.05) is 37.3 Å². The number of hydrogen-bond donors (Lipinski definition) is 1. The van der Waals surface area contributed by atoms with Crippen molar-refractivity contribution in [2.24, 2.45) is 5.41 Å². The smallest absolute Gasteiger partial charge is 0.410 e. The van der Waals surface area contributed by atoms with Gasteiger partial charge in [-0.1, -0.05) is 25.4 Å². The zero-order chi connectivity index (χ0) is 21.7. The number of aromatic nitrogens is 1. The number of thioether (sulfide) groups is 1. The van der Waals surface area contributed by atoms with Crippen molar-refractivity contribution < 1.29 is 19.1 Å². The van der Waals surface area contributed by atoms with Crippen molar-refractivity contribution in [3.8, 4) is 0 Å². The van der Waals surface area contributed by atoms with Crippen molar-refractivity contribution in [1.29, 1.82) is 0 Å². The van der Waals surface area contributed by atoms with Gasteiger partial charge < -0.3 is 19.9 Å². The summed E-state index contributed by atoms with van der Waals surface area (Å²) in [6, 6.07) is 3.38. The van der Waals surface area contributed by atoms with Crippen LogP contribution in [0.25, 0.3) is 0 Å². The van der Waals surface area contributed by atoms with Crippen LogP contribution in [0.15, 0.2) is 18.3 Å². The number of nitrogens with one attached hydrogen (secondary N) is 1. The lowest BCUT2D eigenvalue weighted by atomic mass is 9.91. The normalized spacial score (nSPS) is 19.4. The van der Waals surface area contributed by atoms with Crippen molar-refractivity contribution in [3.05, 3.63) is 23.4 Å². The number of anilines is 1. The number of carbonyl (C=O) groups excluding carboxylic acids is 3. The molecule has 0 radical (unpaired) electrons. The molecule has 1 N–H and O–H groups in total. The highest BCUT2D eigenvalue weighted by Gasteiger charge is 2.38. The third kappa shape index (κ3) is 6.25. The van der Waals surface area contributed by atoms with E-state index in [0.717, 1.165) is 12.8 Å². The SMILES string of the molecule is CC1(C)COC(=O)N(C2CCN(C(=O)CSCC(=O)Nc3ccc(Cl)cn3)CC2)C1. The molecule has 1 aromatic heterocycles. The van der Waals surface area contributed by atoms with Crippen LogP contribution in [0.1, 0.15) is 26.7 Å². The van der Waals surface area contributed by atoms with E-state index in [0.29, 0.717) is 37.1 Å². The number of pyridine rings is 1. The minimum atomic E-state index is -0.254. The Balaban J connectivity index is 1.37. The maximum Gasteiger partial charge on any atom is 0.410 e. The summed E-state index contributed by atoms with van der Waals surface area (Å²) in [5.41, 5.74) is -0.0559. The molecule has 3 heterocycles. The van der Waals surface area contributed by atoms with Gasteiger partial charge in [-0.15, -0.1) is 11.8 Å². The van der Waals surface area contributed by atoms with Crippen molar-refractivity contribution in [2.75, 3.05) is 43.1 Å². The Morgan fingerprint density at radius 2 is 2.03 bits per heavy atom. The van der Waals surface area contributed by atoms with Crippen LogP contribution in [-0.2, 0) is 14.3 Å². The lowest BCUT2D eigenvalue weighted by Crippen LogP contribution is -2.55. The molecule has 3 amide bonds. The Morgan fingerprint density at radius 1 is 1.30 bits per heavy atom. The Hall–Kier alpha value is -2.00. The van der Waals surface area contributed by atoms with E-state index in [2.05, 4.69) is 24.1 Å². The summed E-state index contributed by atoms with van der Waals surface area (Å²) >= 11 is 7.04. The molecule has 0 bridgehead atoms. The van der Waals surface area contributed by atoms with E-state index in [1.807, 2.05) is 9.80 Å². The molecular weight excluding hydrogens is 428 g/mol. The number of hydrogen-bond acceptors (Lipinski definition) is 6. The molecule has 0 aromatic carbocycles. The van der Waals surface area contributed by atoms with Gasteiger partial charge in [-0.2, -0.15) is 0 Å². The first-order chi connectivity index (χ1) is 14.2. The number of halogens is 1. The first-order valence-corrected chi connectivity index (χ1v) is 11.5. The second-order valence-corrected chi connectivity index (χ2v) is 9.78. The van der Waals surface area contributed by atoms with Gasteiger partial charge in [-0.25, -0.2) is 9.78 Å². The number of cyclic esters (lactones) is 1. The van der Waals surface area contributed by atoms with Gasteiger partial charge in [0.05, 0.1) is 23.1 Å². The molecule has 0 unspecified atom stereocenters. The average Bonchev–Trinajstić information content (AvgIpc) is 2.71. The van der Waals surface area contributed by atoms with Crippen LogP contribution >= 0.6 is 23.4 Å². The summed E-state index contributed by atoms with van der Waals surface area (Å²) in [6.45, 7) is 6.50. The summed E-state index contributed by atoms with van der Waals surface area (Å²) in [7, 11) is 0. The van der Waals surface area contributed by atoms with Gasteiger partial charge in [0.25, 0.3) is 0 Å². The number of carbonyl (C=O) groups is 3. The highest BCUT2D eigenvalue weighted by Crippen LogP contribution is 2.28. The number of piperidine rings is 1. The fourth-order valence-corrected chi connectivity index (χ4v) is 4.40. The molecule has 8 nitrogen and oxygen atoms in total. The number of ether oxygens (including phenoxy) is 1. The molecule has 1 aromatic rings. The van der Waals surface area contributed by atoms with Crippen molar-refractivity contribution >= 4 is 47.1 Å². The van der Waals surface area contributed by atoms with Crippen LogP contribution in [0.3, 0.4) is 0 Å². The van der Waals surface area contributed by atoms with Gasteiger partial charge >= 0.3 is 6.09 Å². The topological polar surface area (TPSA) is 91.8 Å². The van der Waals surface area contributed by atoms with Crippen LogP contribution in [0, 0.1) is 5.41 Å². The van der Waals surface area contributed by atoms with Gasteiger partial charge in [-0.3, -0.25) is 9.59 Å². The minimum Gasteiger partial charge on any atom is -0.449 e. The molecule has 0 saturated carbocycles. The summed E-state index contributed by atoms with van der Waals surface area (Å²) in [6.07, 6.45) is 2.69. The third-order valence-electron chi connectivity index (χ3n) is 5.13. The maximum absolute atomic E-state index is 12.5. The van der Waals surface area contributed by atoms with Crippen LogP contribution in [-0.4, -0.2) is 76.5 Å². The van der Waals surface area contributed by atoms with E-state index in [4.69, 9.17) is 16.3 Å². The second-order valence-electron chi connectivity index (χ2n) is 8.36.